The highest BCUT2D eigenvalue weighted by Crippen LogP contribution is 2.28. The summed E-state index contributed by atoms with van der Waals surface area (Å²) in [4.78, 5) is 12.0. The van der Waals surface area contributed by atoms with Crippen molar-refractivity contribution in [1.29, 1.82) is 0 Å². The first kappa shape index (κ1) is 28.9. The van der Waals surface area contributed by atoms with Crippen LogP contribution >= 0.6 is 0 Å². The van der Waals surface area contributed by atoms with Crippen LogP contribution in [0.2, 0.25) is 0 Å². The van der Waals surface area contributed by atoms with E-state index in [4.69, 9.17) is 16.2 Å². The van der Waals surface area contributed by atoms with Gasteiger partial charge < -0.3 is 21.3 Å². The first-order chi connectivity index (χ1) is 19.4. The Bertz CT molecular complexity index is 1460. The van der Waals surface area contributed by atoms with Gasteiger partial charge in [-0.05, 0) is 77.7 Å². The van der Waals surface area contributed by atoms with Crippen LogP contribution in [0.15, 0.2) is 115 Å². The molecule has 2 atom stereocenters. The first-order valence-electron chi connectivity index (χ1n) is 13.5. The quantitative estimate of drug-likeness (QED) is 0.166. The van der Waals surface area contributed by atoms with E-state index in [2.05, 4.69) is 53.8 Å². The van der Waals surface area contributed by atoms with E-state index in [1.54, 1.807) is 0 Å². The minimum Gasteiger partial charge on any atom is -0.457 e. The highest BCUT2D eigenvalue weighted by atomic mass is 16.5. The summed E-state index contributed by atoms with van der Waals surface area (Å²) in [5, 5.41) is 17.8. The van der Waals surface area contributed by atoms with E-state index < -0.39 is 17.6 Å². The molecule has 5 rings (SSSR count). The zero-order valence-corrected chi connectivity index (χ0v) is 22.8. The Morgan fingerprint density at radius 1 is 0.800 bits per heavy atom. The zero-order chi connectivity index (χ0) is 28.4. The van der Waals surface area contributed by atoms with Crippen LogP contribution in [0, 0.1) is 0 Å². The van der Waals surface area contributed by atoms with Crippen molar-refractivity contribution in [1.82, 2.24) is 5.32 Å². The highest BCUT2D eigenvalue weighted by molar-refractivity contribution is 5.90. The predicted molar refractivity (Wildman–Crippen MR) is 163 cm³/mol. The van der Waals surface area contributed by atoms with Crippen molar-refractivity contribution in [2.75, 3.05) is 6.54 Å². The fourth-order valence-corrected chi connectivity index (χ4v) is 4.38. The molecule has 0 aliphatic rings. The Morgan fingerprint density at radius 3 is 1.82 bits per heavy atom. The third kappa shape index (κ3) is 7.97. The minimum atomic E-state index is -1.62. The summed E-state index contributed by atoms with van der Waals surface area (Å²) in [6.07, 6.45) is 1.15. The number of rotatable bonds is 10. The number of hydrogen-bond donors (Lipinski definition) is 4. The number of Topliss-reactive ketones (excluding diaryl/α,β-unsaturated/α-hetero) is 1. The number of nitrogens with one attached hydrogen (secondary N) is 1. The van der Waals surface area contributed by atoms with Gasteiger partial charge in [-0.25, -0.2) is 0 Å². The summed E-state index contributed by atoms with van der Waals surface area (Å²) in [6, 6.07) is 37.8. The average molecular weight is 536 g/mol. The van der Waals surface area contributed by atoms with Crippen LogP contribution in [0.5, 0.6) is 11.5 Å². The van der Waals surface area contributed by atoms with Gasteiger partial charge >= 0.3 is 0 Å². The number of benzene rings is 5. The average Bonchev–Trinajstić information content (AvgIpc) is 2.99. The van der Waals surface area contributed by atoms with Gasteiger partial charge in [-0.1, -0.05) is 91.0 Å². The third-order valence-electron chi connectivity index (χ3n) is 6.69. The number of nitrogens with two attached hydrogens (primary N) is 2. The molecule has 1 unspecified atom stereocenters. The molecule has 6 heteroatoms. The lowest BCUT2D eigenvalue weighted by Gasteiger charge is -2.26. The van der Waals surface area contributed by atoms with Crippen LogP contribution in [0.4, 0.5) is 0 Å². The predicted octanol–water partition coefficient (Wildman–Crippen LogP) is 5.91. The van der Waals surface area contributed by atoms with E-state index >= 15 is 0 Å². The number of carbonyl (C=O) groups is 1. The molecule has 0 saturated heterocycles. The lowest BCUT2D eigenvalue weighted by atomic mass is 9.99. The molecule has 6 N–H and O–H groups in total. The van der Waals surface area contributed by atoms with E-state index in [0.29, 0.717) is 25.9 Å². The van der Waals surface area contributed by atoms with Gasteiger partial charge in [-0.15, -0.1) is 0 Å². The molecule has 0 amide bonds. The van der Waals surface area contributed by atoms with Crippen LogP contribution in [-0.4, -0.2) is 29.2 Å². The molecule has 40 heavy (non-hydrogen) atoms. The van der Waals surface area contributed by atoms with Gasteiger partial charge in [-0.3, -0.25) is 10.1 Å². The first-order valence-corrected chi connectivity index (χ1v) is 13.5. The van der Waals surface area contributed by atoms with Crippen LogP contribution in [0.25, 0.3) is 21.5 Å². The van der Waals surface area contributed by atoms with E-state index in [0.717, 1.165) is 17.1 Å². The van der Waals surface area contributed by atoms with Gasteiger partial charge in [0.05, 0.1) is 6.04 Å². The normalized spacial score (nSPS) is 13.2. The summed E-state index contributed by atoms with van der Waals surface area (Å²) in [5.74, 6) is 1.32. The standard InChI is InChI=1S/C20H14O.C14H23N3O2/c1-3-7-17-13-19(11-9-15(17)5-1)21-20-12-10-16-6-2-4-8-18(16)14-20;1-14(19,13(18)12(16)8-5-9-15)17-10-11-6-3-2-4-7-11/h1-14H;2-4,6-7,12,17,19H,5,8-10,15-16H2,1H3/t;12-,14?/m.1/s1. The maximum Gasteiger partial charge on any atom is 0.195 e. The number of fused-ring (bicyclic) bond motifs is 2. The SMILES string of the molecule is CC(O)(NCc1ccccc1)C(=O)[C@H](N)CCCN.c1ccc2cc(Oc3ccc4ccccc4c3)ccc2c1. The lowest BCUT2D eigenvalue weighted by molar-refractivity contribution is -0.140. The van der Waals surface area contributed by atoms with Crippen molar-refractivity contribution < 1.29 is 14.6 Å². The maximum absolute atomic E-state index is 12.0. The zero-order valence-electron chi connectivity index (χ0n) is 22.8. The molecular weight excluding hydrogens is 498 g/mol. The molecule has 0 aromatic heterocycles. The molecule has 5 aromatic carbocycles. The van der Waals surface area contributed by atoms with Crippen LogP contribution < -0.4 is 21.5 Å². The van der Waals surface area contributed by atoms with Gasteiger partial charge in [0.15, 0.2) is 11.5 Å². The Kier molecular flexibility index (Phi) is 10.00. The van der Waals surface area contributed by atoms with Gasteiger partial charge in [0.1, 0.15) is 11.5 Å². The maximum atomic E-state index is 12.0. The van der Waals surface area contributed by atoms with Gasteiger partial charge in [0, 0.05) is 6.54 Å². The molecule has 0 saturated carbocycles. The van der Waals surface area contributed by atoms with Crippen LogP contribution in [0.1, 0.15) is 25.3 Å². The van der Waals surface area contributed by atoms with Crippen molar-refractivity contribution in [3.63, 3.8) is 0 Å². The van der Waals surface area contributed by atoms with E-state index in [-0.39, 0.29) is 0 Å². The highest BCUT2D eigenvalue weighted by Gasteiger charge is 2.33. The summed E-state index contributed by atoms with van der Waals surface area (Å²) in [7, 11) is 0. The molecule has 0 aliphatic carbocycles. The molecule has 0 heterocycles. The second-order valence-electron chi connectivity index (χ2n) is 9.93. The smallest absolute Gasteiger partial charge is 0.195 e. The van der Waals surface area contributed by atoms with Crippen LogP contribution in [0.3, 0.4) is 0 Å². The summed E-state index contributed by atoms with van der Waals surface area (Å²) in [6.45, 7) is 2.32. The number of carbonyl (C=O) groups excluding carboxylic acids is 1. The van der Waals surface area contributed by atoms with Crippen molar-refractivity contribution in [2.24, 2.45) is 11.5 Å². The Balaban J connectivity index is 0.000000186. The monoisotopic (exact) mass is 535 g/mol. The van der Waals surface area contributed by atoms with Gasteiger partial charge in [0.25, 0.3) is 0 Å². The topological polar surface area (TPSA) is 111 Å². The van der Waals surface area contributed by atoms with Crippen molar-refractivity contribution in [2.45, 2.75) is 38.1 Å². The summed E-state index contributed by atoms with van der Waals surface area (Å²) >= 11 is 0. The Morgan fingerprint density at radius 2 is 1.30 bits per heavy atom. The molecule has 0 radical (unpaired) electrons. The van der Waals surface area contributed by atoms with E-state index in [1.807, 2.05) is 66.7 Å². The largest absolute Gasteiger partial charge is 0.457 e. The van der Waals surface area contributed by atoms with Crippen molar-refractivity contribution >= 4 is 27.3 Å². The number of hydrogen-bond acceptors (Lipinski definition) is 6. The Labute approximate surface area is 235 Å². The van der Waals surface area contributed by atoms with Crippen molar-refractivity contribution in [3.05, 3.63) is 121 Å². The molecule has 0 bridgehead atoms. The molecule has 0 aliphatic heterocycles. The second-order valence-corrected chi connectivity index (χ2v) is 9.93. The van der Waals surface area contributed by atoms with E-state index in [9.17, 15) is 9.90 Å². The number of ketones is 1. The summed E-state index contributed by atoms with van der Waals surface area (Å²) in [5.41, 5.74) is 10.5. The van der Waals surface area contributed by atoms with Crippen molar-refractivity contribution in [3.8, 4) is 11.5 Å². The number of ether oxygens (including phenoxy) is 1. The third-order valence-corrected chi connectivity index (χ3v) is 6.69. The van der Waals surface area contributed by atoms with Crippen LogP contribution in [-0.2, 0) is 11.3 Å². The molecule has 5 aromatic rings. The molecule has 0 fully saturated rings. The number of aliphatic hydroxyl groups is 1. The second kappa shape index (κ2) is 13.8. The minimum absolute atomic E-state index is 0.406. The Hall–Kier alpha value is -4.07. The molecular formula is C34H37N3O3. The molecule has 206 valence electrons. The molecule has 0 spiro atoms. The van der Waals surface area contributed by atoms with E-state index in [1.165, 1.54) is 28.5 Å². The molecule has 6 nitrogen and oxygen atoms in total. The van der Waals surface area contributed by atoms with Gasteiger partial charge in [-0.2, -0.15) is 0 Å². The summed E-state index contributed by atoms with van der Waals surface area (Å²) < 4.78 is 5.99. The fraction of sp³-hybridized carbons (Fsp3) is 0.206. The lowest BCUT2D eigenvalue weighted by Crippen LogP contribution is -2.55. The van der Waals surface area contributed by atoms with Gasteiger partial charge in [0.2, 0.25) is 0 Å². The fourth-order valence-electron chi connectivity index (χ4n) is 4.38.